The Morgan fingerprint density at radius 2 is 2.00 bits per heavy atom. The first-order valence-corrected chi connectivity index (χ1v) is 4.50. The van der Waals surface area contributed by atoms with Gasteiger partial charge in [0.05, 0.1) is 0 Å². The van der Waals surface area contributed by atoms with Crippen LogP contribution in [0, 0.1) is 0 Å². The van der Waals surface area contributed by atoms with Gasteiger partial charge in [-0.05, 0) is 31.1 Å². The third-order valence-corrected chi connectivity index (χ3v) is 1.61. The van der Waals surface area contributed by atoms with Gasteiger partial charge in [0.1, 0.15) is 0 Å². The molecule has 3 nitrogen and oxygen atoms in total. The van der Waals surface area contributed by atoms with Gasteiger partial charge in [0.2, 0.25) is 6.41 Å². The Morgan fingerprint density at radius 1 is 1.33 bits per heavy atom. The van der Waals surface area contributed by atoms with Gasteiger partial charge in [0, 0.05) is 18.1 Å². The molecule has 0 spiro atoms. The Bertz CT molecular complexity index is 336. The molecule has 0 aromatic heterocycles. The number of nitrogens with zero attached hydrogens (tertiary/aromatic N) is 1. The summed E-state index contributed by atoms with van der Waals surface area (Å²) in [5.41, 5.74) is 2.55. The first kappa shape index (κ1) is 13.1. The maximum Gasteiger partial charge on any atom is 0.211 e. The number of hydrogen-bond donors (Lipinski definition) is 1. The number of carbonyl (C=O) groups excluding carboxylic acids is 1. The highest BCUT2D eigenvalue weighted by Crippen LogP contribution is 2.04. The predicted molar refractivity (Wildman–Crippen MR) is 64.5 cm³/mol. The number of carbonyl (C=O) groups is 1. The lowest BCUT2D eigenvalue weighted by molar-refractivity contribution is -0.108. The van der Waals surface area contributed by atoms with E-state index in [9.17, 15) is 4.79 Å². The Morgan fingerprint density at radius 3 is 2.47 bits per heavy atom. The second-order valence-corrected chi connectivity index (χ2v) is 2.97. The van der Waals surface area contributed by atoms with E-state index in [0.717, 1.165) is 16.8 Å². The SMILES string of the molecule is C=C\N=C/C(=C/C=C(\C)NC=O)C(=C)C. The summed E-state index contributed by atoms with van der Waals surface area (Å²) in [6.45, 7) is 11.0. The highest BCUT2D eigenvalue weighted by Gasteiger charge is 1.91. The molecule has 0 saturated heterocycles. The number of allylic oxidation sites excluding steroid dienone is 5. The number of aliphatic imine (C=N–C) groups is 1. The molecule has 0 aliphatic carbocycles. The summed E-state index contributed by atoms with van der Waals surface area (Å²) in [5, 5.41) is 2.54. The van der Waals surface area contributed by atoms with Gasteiger partial charge in [-0.15, -0.1) is 0 Å². The van der Waals surface area contributed by atoms with Crippen LogP contribution in [0.1, 0.15) is 13.8 Å². The maximum absolute atomic E-state index is 10.1. The van der Waals surface area contributed by atoms with Crippen LogP contribution in [0.15, 0.2) is 53.3 Å². The molecule has 0 saturated carbocycles. The molecule has 0 aromatic carbocycles. The van der Waals surface area contributed by atoms with Crippen LogP contribution in [0.3, 0.4) is 0 Å². The van der Waals surface area contributed by atoms with E-state index in [4.69, 9.17) is 0 Å². The molecule has 0 bridgehead atoms. The molecule has 0 rings (SSSR count). The van der Waals surface area contributed by atoms with Gasteiger partial charge in [0.15, 0.2) is 0 Å². The third kappa shape index (κ3) is 6.21. The van der Waals surface area contributed by atoms with Crippen molar-refractivity contribution in [3.05, 3.63) is 48.4 Å². The molecule has 0 fully saturated rings. The van der Waals surface area contributed by atoms with Crippen LogP contribution in [0.4, 0.5) is 0 Å². The van der Waals surface area contributed by atoms with Gasteiger partial charge < -0.3 is 5.32 Å². The van der Waals surface area contributed by atoms with Crippen molar-refractivity contribution in [3.63, 3.8) is 0 Å². The van der Waals surface area contributed by atoms with Crippen LogP contribution in [0.5, 0.6) is 0 Å². The van der Waals surface area contributed by atoms with E-state index < -0.39 is 0 Å². The van der Waals surface area contributed by atoms with E-state index in [-0.39, 0.29) is 0 Å². The van der Waals surface area contributed by atoms with E-state index in [1.807, 2.05) is 13.0 Å². The summed E-state index contributed by atoms with van der Waals surface area (Å²) in [6.07, 6.45) is 7.38. The molecule has 80 valence electrons. The van der Waals surface area contributed by atoms with Crippen LogP contribution in [-0.4, -0.2) is 12.6 Å². The first-order chi connectivity index (χ1) is 7.11. The largest absolute Gasteiger partial charge is 0.333 e. The lowest BCUT2D eigenvalue weighted by atomic mass is 10.1. The fourth-order valence-corrected chi connectivity index (χ4v) is 0.784. The van der Waals surface area contributed by atoms with Crippen molar-refractivity contribution in [2.24, 2.45) is 4.99 Å². The Hall–Kier alpha value is -1.90. The molecule has 3 heteroatoms. The Balaban J connectivity index is 4.76. The van der Waals surface area contributed by atoms with Crippen LogP contribution in [0.2, 0.25) is 0 Å². The zero-order chi connectivity index (χ0) is 11.7. The van der Waals surface area contributed by atoms with Crippen molar-refractivity contribution in [2.75, 3.05) is 0 Å². The summed E-state index contributed by atoms with van der Waals surface area (Å²) in [6, 6.07) is 0. The minimum absolute atomic E-state index is 0.637. The second kappa shape index (κ2) is 7.50. The van der Waals surface area contributed by atoms with E-state index in [1.54, 1.807) is 19.2 Å². The summed E-state index contributed by atoms with van der Waals surface area (Å²) < 4.78 is 0. The fraction of sp³-hybridized carbons (Fsp3) is 0.167. The summed E-state index contributed by atoms with van der Waals surface area (Å²) >= 11 is 0. The average Bonchev–Trinajstić information content (AvgIpc) is 2.17. The van der Waals surface area contributed by atoms with Gasteiger partial charge in [-0.3, -0.25) is 9.79 Å². The van der Waals surface area contributed by atoms with Crippen LogP contribution < -0.4 is 5.32 Å². The van der Waals surface area contributed by atoms with Crippen molar-refractivity contribution < 1.29 is 4.79 Å². The smallest absolute Gasteiger partial charge is 0.211 e. The normalized spacial score (nSPS) is 12.7. The van der Waals surface area contributed by atoms with Gasteiger partial charge in [-0.2, -0.15) is 0 Å². The number of rotatable bonds is 6. The van der Waals surface area contributed by atoms with Crippen molar-refractivity contribution in [1.82, 2.24) is 5.32 Å². The summed E-state index contributed by atoms with van der Waals surface area (Å²) in [7, 11) is 0. The lowest BCUT2D eigenvalue weighted by Crippen LogP contribution is -2.06. The number of hydrogen-bond acceptors (Lipinski definition) is 2. The minimum Gasteiger partial charge on any atom is -0.333 e. The summed E-state index contributed by atoms with van der Waals surface area (Å²) in [4.78, 5) is 14.0. The predicted octanol–water partition coefficient (Wildman–Crippen LogP) is 2.35. The second-order valence-electron chi connectivity index (χ2n) is 2.97. The van der Waals surface area contributed by atoms with Crippen LogP contribution >= 0.6 is 0 Å². The van der Waals surface area contributed by atoms with Gasteiger partial charge in [-0.25, -0.2) is 0 Å². The third-order valence-electron chi connectivity index (χ3n) is 1.61. The molecule has 0 radical (unpaired) electrons. The zero-order valence-electron chi connectivity index (χ0n) is 9.16. The topological polar surface area (TPSA) is 41.5 Å². The highest BCUT2D eigenvalue weighted by molar-refractivity contribution is 5.84. The van der Waals surface area contributed by atoms with E-state index in [1.165, 1.54) is 6.20 Å². The molecule has 0 aliphatic rings. The molecule has 0 heterocycles. The van der Waals surface area contributed by atoms with E-state index in [0.29, 0.717) is 6.41 Å². The first-order valence-electron chi connectivity index (χ1n) is 4.50. The standard InChI is InChI=1S/C12H16N2O/c1-5-13-8-12(10(2)3)7-6-11(4)14-9-15/h5-9H,1-2H2,3-4H3,(H,14,15)/b11-6+,12-7-,13-8-. The van der Waals surface area contributed by atoms with E-state index in [2.05, 4.69) is 23.5 Å². The van der Waals surface area contributed by atoms with Crippen LogP contribution in [0.25, 0.3) is 0 Å². The highest BCUT2D eigenvalue weighted by atomic mass is 16.1. The fourth-order valence-electron chi connectivity index (χ4n) is 0.784. The lowest BCUT2D eigenvalue weighted by Gasteiger charge is -1.98. The molecular formula is C12H16N2O. The molecule has 15 heavy (non-hydrogen) atoms. The maximum atomic E-state index is 10.1. The molecule has 1 amide bonds. The summed E-state index contributed by atoms with van der Waals surface area (Å²) in [5.74, 6) is 0. The zero-order valence-corrected chi connectivity index (χ0v) is 9.16. The Labute approximate surface area is 90.6 Å². The molecular weight excluding hydrogens is 188 g/mol. The Kier molecular flexibility index (Phi) is 6.55. The monoisotopic (exact) mass is 204 g/mol. The van der Waals surface area contributed by atoms with Gasteiger partial charge in [-0.1, -0.05) is 19.2 Å². The van der Waals surface area contributed by atoms with Crippen molar-refractivity contribution in [3.8, 4) is 0 Å². The van der Waals surface area contributed by atoms with Crippen molar-refractivity contribution in [1.29, 1.82) is 0 Å². The van der Waals surface area contributed by atoms with Crippen LogP contribution in [-0.2, 0) is 4.79 Å². The molecule has 0 aliphatic heterocycles. The van der Waals surface area contributed by atoms with Gasteiger partial charge in [0.25, 0.3) is 0 Å². The minimum atomic E-state index is 0.637. The quantitative estimate of drug-likeness (QED) is 0.403. The average molecular weight is 204 g/mol. The number of nitrogens with one attached hydrogen (secondary N) is 1. The molecule has 1 N–H and O–H groups in total. The molecule has 0 atom stereocenters. The molecule has 0 unspecified atom stereocenters. The molecule has 0 aromatic rings. The van der Waals surface area contributed by atoms with Crippen molar-refractivity contribution in [2.45, 2.75) is 13.8 Å². The van der Waals surface area contributed by atoms with Gasteiger partial charge >= 0.3 is 0 Å². The number of amides is 1. The van der Waals surface area contributed by atoms with Crippen molar-refractivity contribution >= 4 is 12.6 Å². The van der Waals surface area contributed by atoms with E-state index >= 15 is 0 Å².